The van der Waals surface area contributed by atoms with Gasteiger partial charge in [-0.1, -0.05) is 17.7 Å². The van der Waals surface area contributed by atoms with E-state index in [1.807, 2.05) is 24.3 Å². The maximum Gasteiger partial charge on any atom is 0.451 e. The monoisotopic (exact) mass is 615 g/mol. The second-order valence-corrected chi connectivity index (χ2v) is 11.9. The number of alkyl halides is 3. The third-order valence-corrected chi connectivity index (χ3v) is 9.08. The first kappa shape index (κ1) is 29.6. The Morgan fingerprint density at radius 1 is 1.09 bits per heavy atom. The van der Waals surface area contributed by atoms with Crippen molar-refractivity contribution < 1.29 is 17.9 Å². The van der Waals surface area contributed by atoms with Gasteiger partial charge in [0, 0.05) is 56.7 Å². The molecule has 2 aliphatic heterocycles. The summed E-state index contributed by atoms with van der Waals surface area (Å²) in [5.74, 6) is 0.840. The highest BCUT2D eigenvalue weighted by Gasteiger charge is 2.40. The molecule has 1 saturated heterocycles. The molecule has 6 rings (SSSR count). The summed E-state index contributed by atoms with van der Waals surface area (Å²) in [6.07, 6.45) is 2.16. The summed E-state index contributed by atoms with van der Waals surface area (Å²) in [6, 6.07) is 10.6. The number of fused-ring (bicyclic) bond motifs is 1. The third-order valence-electron chi connectivity index (χ3n) is 8.78. The number of halogens is 4. The van der Waals surface area contributed by atoms with Crippen LogP contribution in [0.4, 0.5) is 24.8 Å². The first-order valence-electron chi connectivity index (χ1n) is 14.6. The number of hydrogen-bond donors (Lipinski definition) is 2. The van der Waals surface area contributed by atoms with E-state index in [1.165, 1.54) is 4.57 Å². The molecule has 43 heavy (non-hydrogen) atoms. The molecule has 2 fully saturated rings. The zero-order valence-electron chi connectivity index (χ0n) is 23.6. The molecular formula is C29H33ClF3N9O. The van der Waals surface area contributed by atoms with E-state index < -0.39 is 17.4 Å². The van der Waals surface area contributed by atoms with Crippen molar-refractivity contribution in [3.05, 3.63) is 47.1 Å². The molecule has 0 amide bonds. The fourth-order valence-corrected chi connectivity index (χ4v) is 6.44. The molecule has 0 aromatic carbocycles. The molecule has 5 heterocycles. The van der Waals surface area contributed by atoms with Crippen molar-refractivity contribution in [1.82, 2.24) is 29.6 Å². The van der Waals surface area contributed by atoms with E-state index >= 15 is 0 Å². The molecule has 10 nitrogen and oxygen atoms in total. The van der Waals surface area contributed by atoms with Crippen molar-refractivity contribution >= 4 is 23.2 Å². The van der Waals surface area contributed by atoms with Crippen LogP contribution in [-0.4, -0.2) is 68.0 Å². The molecule has 3 aromatic heterocycles. The minimum absolute atomic E-state index is 0.214. The lowest BCUT2D eigenvalue weighted by Crippen LogP contribution is -2.44. The van der Waals surface area contributed by atoms with Gasteiger partial charge in [0.15, 0.2) is 0 Å². The quantitative estimate of drug-likeness (QED) is 0.361. The standard InChI is InChI=1S/C29H33ClF3N9O/c30-22-15-35-25(14-21(22)23-2-1-3-24(38-23)36-18-28(17-34)8-12-43-13-9-28)37-19-4-6-20(7-5-19)41-10-11-42-26(16-41)39-40-27(42)29(31,32)33/h1-3,14-15,19-20H,4-13,16,18H2,(H,35,37)(H,36,38). The topological polar surface area (TPSA) is 117 Å². The van der Waals surface area contributed by atoms with Gasteiger partial charge in [0.25, 0.3) is 0 Å². The van der Waals surface area contributed by atoms with Gasteiger partial charge in [0.2, 0.25) is 5.82 Å². The van der Waals surface area contributed by atoms with Gasteiger partial charge in [-0.3, -0.25) is 4.90 Å². The number of anilines is 2. The summed E-state index contributed by atoms with van der Waals surface area (Å²) in [4.78, 5) is 11.5. The lowest BCUT2D eigenvalue weighted by atomic mass is 9.82. The number of rotatable bonds is 7. The Morgan fingerprint density at radius 3 is 2.63 bits per heavy atom. The largest absolute Gasteiger partial charge is 0.451 e. The van der Waals surface area contributed by atoms with Gasteiger partial charge >= 0.3 is 6.18 Å². The second kappa shape index (κ2) is 12.3. The molecule has 228 valence electrons. The minimum Gasteiger partial charge on any atom is -0.381 e. The molecule has 0 unspecified atom stereocenters. The van der Waals surface area contributed by atoms with Crippen LogP contribution in [-0.2, 0) is 24.0 Å². The minimum atomic E-state index is -4.49. The van der Waals surface area contributed by atoms with E-state index in [-0.39, 0.29) is 18.6 Å². The van der Waals surface area contributed by atoms with Crippen LogP contribution >= 0.6 is 11.6 Å². The highest BCUT2D eigenvalue weighted by Crippen LogP contribution is 2.34. The van der Waals surface area contributed by atoms with Gasteiger partial charge in [-0.2, -0.15) is 18.4 Å². The van der Waals surface area contributed by atoms with Crippen molar-refractivity contribution in [3.8, 4) is 17.3 Å². The summed E-state index contributed by atoms with van der Waals surface area (Å²) >= 11 is 6.55. The summed E-state index contributed by atoms with van der Waals surface area (Å²) in [5, 5.41) is 24.3. The van der Waals surface area contributed by atoms with Gasteiger partial charge in [-0.25, -0.2) is 9.97 Å². The smallest absolute Gasteiger partial charge is 0.381 e. The van der Waals surface area contributed by atoms with Gasteiger partial charge in [-0.15, -0.1) is 10.2 Å². The van der Waals surface area contributed by atoms with Gasteiger partial charge in [0.1, 0.15) is 17.5 Å². The Bertz CT molecular complexity index is 1480. The lowest BCUT2D eigenvalue weighted by molar-refractivity contribution is -0.148. The molecule has 0 atom stereocenters. The fourth-order valence-electron chi connectivity index (χ4n) is 6.24. The number of nitrogens with zero attached hydrogens (tertiary/aromatic N) is 7. The highest BCUT2D eigenvalue weighted by atomic mass is 35.5. The van der Waals surface area contributed by atoms with Crippen LogP contribution in [0.15, 0.2) is 30.5 Å². The average Bonchev–Trinajstić information content (AvgIpc) is 3.46. The molecule has 1 saturated carbocycles. The average molecular weight is 616 g/mol. The van der Waals surface area contributed by atoms with Gasteiger partial charge < -0.3 is 19.9 Å². The Balaban J connectivity index is 1.06. The first-order valence-corrected chi connectivity index (χ1v) is 15.0. The van der Waals surface area contributed by atoms with Crippen LogP contribution in [0, 0.1) is 16.7 Å². The predicted octanol–water partition coefficient (Wildman–Crippen LogP) is 5.38. The summed E-state index contributed by atoms with van der Waals surface area (Å²) in [5.41, 5.74) is 0.992. The van der Waals surface area contributed by atoms with Crippen LogP contribution in [0.25, 0.3) is 11.3 Å². The van der Waals surface area contributed by atoms with Crippen LogP contribution < -0.4 is 10.6 Å². The second-order valence-electron chi connectivity index (χ2n) is 11.5. The van der Waals surface area contributed by atoms with E-state index in [1.54, 1.807) is 6.20 Å². The van der Waals surface area contributed by atoms with Crippen molar-refractivity contribution in [2.45, 2.75) is 69.9 Å². The molecule has 2 N–H and O–H groups in total. The van der Waals surface area contributed by atoms with E-state index in [2.05, 4.69) is 36.8 Å². The Morgan fingerprint density at radius 2 is 1.88 bits per heavy atom. The molecule has 0 radical (unpaired) electrons. The van der Waals surface area contributed by atoms with E-state index in [9.17, 15) is 18.4 Å². The molecule has 0 bridgehead atoms. The van der Waals surface area contributed by atoms with Crippen LogP contribution in [0.1, 0.15) is 50.2 Å². The molecular weight excluding hydrogens is 583 g/mol. The highest BCUT2D eigenvalue weighted by molar-refractivity contribution is 6.33. The molecule has 1 aliphatic carbocycles. The number of pyridine rings is 2. The van der Waals surface area contributed by atoms with Gasteiger partial charge in [0.05, 0.1) is 28.7 Å². The molecule has 3 aromatic rings. The number of ether oxygens (including phenoxy) is 1. The van der Waals surface area contributed by atoms with Crippen molar-refractivity contribution in [3.63, 3.8) is 0 Å². The van der Waals surface area contributed by atoms with Crippen LogP contribution in [0.5, 0.6) is 0 Å². The zero-order valence-corrected chi connectivity index (χ0v) is 24.3. The number of aromatic nitrogens is 5. The molecule has 3 aliphatic rings. The summed E-state index contributed by atoms with van der Waals surface area (Å²) in [7, 11) is 0. The molecule has 0 spiro atoms. The van der Waals surface area contributed by atoms with Crippen molar-refractivity contribution in [1.29, 1.82) is 5.26 Å². The van der Waals surface area contributed by atoms with Crippen molar-refractivity contribution in [2.24, 2.45) is 5.41 Å². The number of nitriles is 1. The third kappa shape index (κ3) is 6.56. The SMILES string of the molecule is N#CC1(CNc2cccc(-c3cc(NC4CCC(N5CCn6c(nnc6C(F)(F)F)C5)CC4)ncc3Cl)n2)CCOCC1. The van der Waals surface area contributed by atoms with Crippen molar-refractivity contribution in [2.75, 3.05) is 36.9 Å². The fraction of sp³-hybridized carbons (Fsp3) is 0.552. The Kier molecular flexibility index (Phi) is 8.44. The normalized spacial score (nSPS) is 22.4. The Labute approximate surface area is 252 Å². The van der Waals surface area contributed by atoms with Crippen LogP contribution in [0.3, 0.4) is 0 Å². The maximum absolute atomic E-state index is 13.2. The number of hydrogen-bond acceptors (Lipinski definition) is 9. The van der Waals surface area contributed by atoms with E-state index in [4.69, 9.17) is 21.3 Å². The first-order chi connectivity index (χ1) is 20.7. The van der Waals surface area contributed by atoms with Gasteiger partial charge in [-0.05, 0) is 56.7 Å². The van der Waals surface area contributed by atoms with E-state index in [0.29, 0.717) is 73.9 Å². The predicted molar refractivity (Wildman–Crippen MR) is 154 cm³/mol. The number of nitrogens with one attached hydrogen (secondary N) is 2. The zero-order chi connectivity index (χ0) is 30.0. The lowest BCUT2D eigenvalue weighted by Gasteiger charge is -2.39. The summed E-state index contributed by atoms with van der Waals surface area (Å²) < 4.78 is 46.2. The summed E-state index contributed by atoms with van der Waals surface area (Å²) in [6.45, 7) is 2.83. The maximum atomic E-state index is 13.2. The Hall–Kier alpha value is -3.47. The van der Waals surface area contributed by atoms with Crippen LogP contribution in [0.2, 0.25) is 5.02 Å². The molecule has 14 heteroatoms. The van der Waals surface area contributed by atoms with E-state index in [0.717, 1.165) is 31.2 Å².